The van der Waals surface area contributed by atoms with Crippen molar-refractivity contribution < 1.29 is 23.9 Å². The van der Waals surface area contributed by atoms with Crippen LogP contribution in [0.25, 0.3) is 0 Å². The highest BCUT2D eigenvalue weighted by atomic mass is 32.2. The van der Waals surface area contributed by atoms with E-state index in [1.54, 1.807) is 16.7 Å². The standard InChI is InChI=1S/C17H25N3O5S/c1-17-8-7-14(22)20(17)12(10-26-17)15(23)25-9-13(21)19-16(24)18-11-5-3-2-4-6-11/h11-12H,2-10H2,1H3,(H2,18,19,21,24)/t12-,17-/m0/s1. The van der Waals surface area contributed by atoms with E-state index in [1.807, 2.05) is 6.92 Å². The molecule has 8 nitrogen and oxygen atoms in total. The molecule has 0 spiro atoms. The minimum Gasteiger partial charge on any atom is -0.454 e. The third-order valence-corrected chi connectivity index (χ3v) is 6.76. The molecule has 0 aromatic rings. The predicted molar refractivity (Wildman–Crippen MR) is 95.2 cm³/mol. The van der Waals surface area contributed by atoms with E-state index in [0.717, 1.165) is 25.7 Å². The lowest BCUT2D eigenvalue weighted by Crippen LogP contribution is -2.48. The summed E-state index contributed by atoms with van der Waals surface area (Å²) in [6, 6.07) is -1.13. The van der Waals surface area contributed by atoms with Gasteiger partial charge >= 0.3 is 12.0 Å². The Balaban J connectivity index is 1.42. The Bertz CT molecular complexity index is 607. The number of fused-ring (bicyclic) bond motifs is 1. The van der Waals surface area contributed by atoms with E-state index < -0.39 is 30.6 Å². The zero-order chi connectivity index (χ0) is 18.7. The van der Waals surface area contributed by atoms with Crippen molar-refractivity contribution in [2.75, 3.05) is 12.4 Å². The van der Waals surface area contributed by atoms with Gasteiger partial charge in [0, 0.05) is 18.2 Å². The molecule has 2 saturated heterocycles. The van der Waals surface area contributed by atoms with Crippen molar-refractivity contribution in [1.29, 1.82) is 0 Å². The number of nitrogens with zero attached hydrogens (tertiary/aromatic N) is 1. The van der Waals surface area contributed by atoms with Gasteiger partial charge in [0.15, 0.2) is 6.61 Å². The molecule has 0 aromatic carbocycles. The summed E-state index contributed by atoms with van der Waals surface area (Å²) in [5, 5.41) is 4.95. The first kappa shape index (κ1) is 19.0. The Morgan fingerprint density at radius 1 is 1.27 bits per heavy atom. The Morgan fingerprint density at radius 3 is 2.73 bits per heavy atom. The summed E-state index contributed by atoms with van der Waals surface area (Å²) in [5.41, 5.74) is 0. The van der Waals surface area contributed by atoms with Crippen molar-refractivity contribution in [2.45, 2.75) is 68.8 Å². The van der Waals surface area contributed by atoms with Crippen LogP contribution in [0.5, 0.6) is 0 Å². The topological polar surface area (TPSA) is 105 Å². The Morgan fingerprint density at radius 2 is 2.00 bits per heavy atom. The van der Waals surface area contributed by atoms with E-state index in [1.165, 1.54) is 6.42 Å². The summed E-state index contributed by atoms with van der Waals surface area (Å²) in [6.45, 7) is 1.41. The number of hydrogen-bond acceptors (Lipinski definition) is 6. The van der Waals surface area contributed by atoms with Crippen LogP contribution in [-0.2, 0) is 19.1 Å². The summed E-state index contributed by atoms with van der Waals surface area (Å²) >= 11 is 1.56. The van der Waals surface area contributed by atoms with Crippen LogP contribution >= 0.6 is 11.8 Å². The monoisotopic (exact) mass is 383 g/mol. The van der Waals surface area contributed by atoms with Crippen LogP contribution in [0.1, 0.15) is 51.9 Å². The molecule has 9 heteroatoms. The number of esters is 1. The molecule has 144 valence electrons. The van der Waals surface area contributed by atoms with Crippen molar-refractivity contribution in [1.82, 2.24) is 15.5 Å². The minimum atomic E-state index is -0.673. The SMILES string of the molecule is C[C@]12CCC(=O)N1[C@H](C(=O)OCC(=O)NC(=O)NC1CCCCC1)CS2. The number of rotatable bonds is 4. The Kier molecular flexibility index (Phi) is 5.74. The lowest BCUT2D eigenvalue weighted by atomic mass is 9.96. The maximum Gasteiger partial charge on any atom is 0.330 e. The lowest BCUT2D eigenvalue weighted by molar-refractivity contribution is -0.156. The number of amides is 4. The third kappa shape index (κ3) is 4.13. The first-order chi connectivity index (χ1) is 12.4. The molecule has 3 fully saturated rings. The molecule has 26 heavy (non-hydrogen) atoms. The van der Waals surface area contributed by atoms with Crippen molar-refractivity contribution in [2.24, 2.45) is 0 Å². The summed E-state index contributed by atoms with van der Waals surface area (Å²) in [6.07, 6.45) is 6.29. The van der Waals surface area contributed by atoms with Gasteiger partial charge in [-0.15, -0.1) is 11.8 Å². The highest BCUT2D eigenvalue weighted by molar-refractivity contribution is 8.01. The molecule has 2 N–H and O–H groups in total. The normalized spacial score (nSPS) is 28.6. The molecule has 4 amide bonds. The van der Waals surface area contributed by atoms with Gasteiger partial charge in [-0.1, -0.05) is 19.3 Å². The lowest BCUT2D eigenvalue weighted by Gasteiger charge is -2.29. The van der Waals surface area contributed by atoms with Crippen molar-refractivity contribution in [3.05, 3.63) is 0 Å². The van der Waals surface area contributed by atoms with E-state index in [4.69, 9.17) is 4.74 Å². The maximum atomic E-state index is 12.3. The van der Waals surface area contributed by atoms with Crippen LogP contribution in [0.15, 0.2) is 0 Å². The predicted octanol–water partition coefficient (Wildman–Crippen LogP) is 1.14. The quantitative estimate of drug-likeness (QED) is 0.706. The summed E-state index contributed by atoms with van der Waals surface area (Å²) in [4.78, 5) is 49.2. The molecule has 3 aliphatic rings. The van der Waals surface area contributed by atoms with Gasteiger partial charge in [0.05, 0.1) is 4.87 Å². The number of hydrogen-bond donors (Lipinski definition) is 2. The molecular formula is C17H25N3O5S. The van der Waals surface area contributed by atoms with Gasteiger partial charge in [0.1, 0.15) is 6.04 Å². The van der Waals surface area contributed by atoms with E-state index >= 15 is 0 Å². The first-order valence-electron chi connectivity index (χ1n) is 9.12. The van der Waals surface area contributed by atoms with Crippen LogP contribution in [0.2, 0.25) is 0 Å². The molecule has 0 bridgehead atoms. The number of thioether (sulfide) groups is 1. The van der Waals surface area contributed by atoms with Crippen LogP contribution in [0, 0.1) is 0 Å². The van der Waals surface area contributed by atoms with Gasteiger partial charge in [0.25, 0.3) is 5.91 Å². The Labute approximate surface area is 156 Å². The number of carbonyl (C=O) groups is 4. The summed E-state index contributed by atoms with van der Waals surface area (Å²) in [5.74, 6) is -0.867. The third-order valence-electron chi connectivity index (χ3n) is 5.26. The fourth-order valence-electron chi connectivity index (χ4n) is 3.86. The average Bonchev–Trinajstić information content (AvgIpc) is 3.10. The second-order valence-corrected chi connectivity index (χ2v) is 8.73. The Hall–Kier alpha value is -1.77. The van der Waals surface area contributed by atoms with Crippen LogP contribution in [-0.4, -0.2) is 58.0 Å². The number of imide groups is 1. The zero-order valence-electron chi connectivity index (χ0n) is 14.9. The molecule has 1 aliphatic carbocycles. The fraction of sp³-hybridized carbons (Fsp3) is 0.765. The minimum absolute atomic E-state index is 0.0595. The maximum absolute atomic E-state index is 12.3. The molecule has 2 atom stereocenters. The molecule has 3 rings (SSSR count). The molecule has 2 heterocycles. The molecule has 0 radical (unpaired) electrons. The smallest absolute Gasteiger partial charge is 0.330 e. The largest absolute Gasteiger partial charge is 0.454 e. The zero-order valence-corrected chi connectivity index (χ0v) is 15.7. The second-order valence-electron chi connectivity index (χ2n) is 7.23. The molecule has 0 aromatic heterocycles. The molecule has 0 unspecified atom stereocenters. The van der Waals surface area contributed by atoms with Gasteiger partial charge in [-0.25, -0.2) is 9.59 Å². The van der Waals surface area contributed by atoms with E-state index in [0.29, 0.717) is 18.6 Å². The number of ether oxygens (including phenoxy) is 1. The number of nitrogens with one attached hydrogen (secondary N) is 2. The van der Waals surface area contributed by atoms with Crippen molar-refractivity contribution in [3.8, 4) is 0 Å². The highest BCUT2D eigenvalue weighted by Crippen LogP contribution is 2.47. The van der Waals surface area contributed by atoms with Crippen LogP contribution in [0.3, 0.4) is 0 Å². The summed E-state index contributed by atoms with van der Waals surface area (Å²) in [7, 11) is 0. The van der Waals surface area contributed by atoms with Gasteiger partial charge in [-0.05, 0) is 26.2 Å². The van der Waals surface area contributed by atoms with Crippen molar-refractivity contribution >= 4 is 35.6 Å². The average molecular weight is 383 g/mol. The van der Waals surface area contributed by atoms with E-state index in [9.17, 15) is 19.2 Å². The van der Waals surface area contributed by atoms with Crippen molar-refractivity contribution in [3.63, 3.8) is 0 Å². The molecular weight excluding hydrogens is 358 g/mol. The molecule has 1 saturated carbocycles. The fourth-order valence-corrected chi connectivity index (χ4v) is 5.28. The van der Waals surface area contributed by atoms with Gasteiger partial charge < -0.3 is 15.0 Å². The number of urea groups is 1. The summed E-state index contributed by atoms with van der Waals surface area (Å²) < 4.78 is 5.04. The van der Waals surface area contributed by atoms with E-state index in [-0.39, 0.29) is 16.8 Å². The van der Waals surface area contributed by atoms with Gasteiger partial charge in [-0.2, -0.15) is 0 Å². The number of carbonyl (C=O) groups excluding carboxylic acids is 4. The van der Waals surface area contributed by atoms with Gasteiger partial charge in [-0.3, -0.25) is 14.9 Å². The first-order valence-corrected chi connectivity index (χ1v) is 10.1. The second kappa shape index (κ2) is 7.85. The van der Waals surface area contributed by atoms with Crippen LogP contribution in [0.4, 0.5) is 4.79 Å². The van der Waals surface area contributed by atoms with Crippen LogP contribution < -0.4 is 10.6 Å². The molecule has 2 aliphatic heterocycles. The van der Waals surface area contributed by atoms with Gasteiger partial charge in [0.2, 0.25) is 5.91 Å². The van der Waals surface area contributed by atoms with E-state index in [2.05, 4.69) is 10.6 Å². The highest BCUT2D eigenvalue weighted by Gasteiger charge is 2.53.